The summed E-state index contributed by atoms with van der Waals surface area (Å²) in [7, 11) is 0. The molecule has 1 amide bonds. The summed E-state index contributed by atoms with van der Waals surface area (Å²) in [5.41, 5.74) is 2.07. The van der Waals surface area contributed by atoms with Crippen molar-refractivity contribution in [3.8, 4) is 23.1 Å². The molecule has 1 N–H and O–H groups in total. The number of aryl methyl sites for hydroxylation is 1. The molecule has 158 valence electrons. The van der Waals surface area contributed by atoms with E-state index in [2.05, 4.69) is 25.7 Å². The van der Waals surface area contributed by atoms with Crippen LogP contribution < -0.4 is 5.32 Å². The van der Waals surface area contributed by atoms with Crippen LogP contribution in [0.4, 0.5) is 10.1 Å². The molecule has 2 heterocycles. The van der Waals surface area contributed by atoms with E-state index in [1.165, 1.54) is 23.9 Å². The molecule has 0 aliphatic rings. The van der Waals surface area contributed by atoms with Crippen molar-refractivity contribution in [2.24, 2.45) is 0 Å². The lowest BCUT2D eigenvalue weighted by atomic mass is 10.1. The van der Waals surface area contributed by atoms with Crippen molar-refractivity contribution in [3.63, 3.8) is 0 Å². The van der Waals surface area contributed by atoms with Gasteiger partial charge >= 0.3 is 0 Å². The highest BCUT2D eigenvalue weighted by molar-refractivity contribution is 7.99. The maximum absolute atomic E-state index is 13.7. The Bertz CT molecular complexity index is 1220. The number of rotatable bonds is 7. The predicted octanol–water partition coefficient (Wildman–Crippen LogP) is 4.19. The van der Waals surface area contributed by atoms with Gasteiger partial charge in [0.05, 0.1) is 11.4 Å². The average molecular weight is 438 g/mol. The molecule has 0 aliphatic carbocycles. The second-order valence-electron chi connectivity index (χ2n) is 6.66. The van der Waals surface area contributed by atoms with Crippen LogP contribution in [0, 0.1) is 12.7 Å². The zero-order valence-electron chi connectivity index (χ0n) is 16.9. The Kier molecular flexibility index (Phi) is 6.08. The van der Waals surface area contributed by atoms with E-state index in [9.17, 15) is 9.18 Å². The lowest BCUT2D eigenvalue weighted by Crippen LogP contribution is -2.15. The van der Waals surface area contributed by atoms with Gasteiger partial charge in [0.15, 0.2) is 5.16 Å². The van der Waals surface area contributed by atoms with Gasteiger partial charge in [-0.25, -0.2) is 4.39 Å². The molecule has 31 heavy (non-hydrogen) atoms. The van der Waals surface area contributed by atoms with Crippen LogP contribution >= 0.6 is 11.8 Å². The van der Waals surface area contributed by atoms with Crippen molar-refractivity contribution in [3.05, 3.63) is 59.9 Å². The van der Waals surface area contributed by atoms with Crippen molar-refractivity contribution in [1.82, 2.24) is 24.9 Å². The third-order valence-electron chi connectivity index (χ3n) is 4.41. The monoisotopic (exact) mass is 438 g/mol. The molecular weight excluding hydrogens is 419 g/mol. The van der Waals surface area contributed by atoms with Gasteiger partial charge in [-0.15, -0.1) is 10.2 Å². The molecule has 0 bridgehead atoms. The van der Waals surface area contributed by atoms with Crippen LogP contribution in [-0.4, -0.2) is 36.6 Å². The largest absolute Gasteiger partial charge is 0.330 e. The summed E-state index contributed by atoms with van der Waals surface area (Å²) >= 11 is 1.19. The number of anilines is 1. The van der Waals surface area contributed by atoms with Gasteiger partial charge in [0.2, 0.25) is 17.6 Å². The Morgan fingerprint density at radius 2 is 2.03 bits per heavy atom. The third kappa shape index (κ3) is 4.64. The minimum Gasteiger partial charge on any atom is -0.330 e. The molecule has 8 nitrogen and oxygen atoms in total. The van der Waals surface area contributed by atoms with Crippen molar-refractivity contribution in [1.29, 1.82) is 0 Å². The molecule has 0 radical (unpaired) electrons. The minimum absolute atomic E-state index is 0.0465. The fraction of sp³-hybridized carbons (Fsp3) is 0.190. The van der Waals surface area contributed by atoms with Crippen molar-refractivity contribution >= 4 is 23.4 Å². The second kappa shape index (κ2) is 9.09. The summed E-state index contributed by atoms with van der Waals surface area (Å²) in [6.07, 6.45) is 0. The summed E-state index contributed by atoms with van der Waals surface area (Å²) in [4.78, 5) is 16.6. The Morgan fingerprint density at radius 1 is 1.19 bits per heavy atom. The maximum Gasteiger partial charge on any atom is 0.296 e. The molecule has 0 saturated carbocycles. The maximum atomic E-state index is 13.7. The molecule has 2 aromatic heterocycles. The van der Waals surface area contributed by atoms with Crippen molar-refractivity contribution < 1.29 is 13.7 Å². The third-order valence-corrected chi connectivity index (χ3v) is 5.37. The fourth-order valence-electron chi connectivity index (χ4n) is 2.93. The number of nitrogens with one attached hydrogen (secondary N) is 1. The molecule has 0 spiro atoms. The minimum atomic E-state index is -0.485. The Balaban J connectivity index is 1.48. The Morgan fingerprint density at radius 3 is 2.81 bits per heavy atom. The number of aromatic nitrogens is 5. The highest BCUT2D eigenvalue weighted by Crippen LogP contribution is 2.25. The zero-order valence-corrected chi connectivity index (χ0v) is 17.7. The van der Waals surface area contributed by atoms with Crippen LogP contribution in [0.3, 0.4) is 0 Å². The van der Waals surface area contributed by atoms with Gasteiger partial charge in [-0.05, 0) is 32.0 Å². The molecule has 0 atom stereocenters. The lowest BCUT2D eigenvalue weighted by Gasteiger charge is -2.07. The number of carbonyl (C=O) groups excluding carboxylic acids is 1. The van der Waals surface area contributed by atoms with E-state index in [0.29, 0.717) is 23.4 Å². The van der Waals surface area contributed by atoms with Crippen LogP contribution in [0.15, 0.2) is 58.2 Å². The summed E-state index contributed by atoms with van der Waals surface area (Å²) in [6.45, 7) is 4.46. The molecule has 0 saturated heterocycles. The first-order valence-corrected chi connectivity index (χ1v) is 10.5. The molecule has 0 aliphatic heterocycles. The first-order chi connectivity index (χ1) is 15.0. The van der Waals surface area contributed by atoms with Crippen LogP contribution in [-0.2, 0) is 11.3 Å². The first-order valence-electron chi connectivity index (χ1n) is 9.56. The van der Waals surface area contributed by atoms with Gasteiger partial charge in [-0.3, -0.25) is 9.36 Å². The van der Waals surface area contributed by atoms with E-state index in [1.807, 2.05) is 38.1 Å². The highest BCUT2D eigenvalue weighted by atomic mass is 32.2. The number of halogens is 1. The van der Waals surface area contributed by atoms with E-state index >= 15 is 0 Å². The van der Waals surface area contributed by atoms with Crippen LogP contribution in [0.1, 0.15) is 12.5 Å². The van der Waals surface area contributed by atoms with Crippen LogP contribution in [0.2, 0.25) is 0 Å². The van der Waals surface area contributed by atoms with Crippen LogP contribution in [0.25, 0.3) is 23.1 Å². The number of hydrogen-bond donors (Lipinski definition) is 1. The van der Waals surface area contributed by atoms with E-state index in [0.717, 1.165) is 11.1 Å². The summed E-state index contributed by atoms with van der Waals surface area (Å²) < 4.78 is 20.9. The van der Waals surface area contributed by atoms with E-state index < -0.39 is 5.82 Å². The molecular formula is C21H19FN6O2S. The SMILES string of the molecule is CCn1c(SCC(=O)Nc2ccccc2F)nnc1-c1nc(-c2cccc(C)c2)no1. The number of amides is 1. The van der Waals surface area contributed by atoms with E-state index in [1.54, 1.807) is 16.7 Å². The van der Waals surface area contributed by atoms with Crippen molar-refractivity contribution in [2.75, 3.05) is 11.1 Å². The summed E-state index contributed by atoms with van der Waals surface area (Å²) in [5.74, 6) is 0.343. The smallest absolute Gasteiger partial charge is 0.296 e. The van der Waals surface area contributed by atoms with Gasteiger partial charge in [0.1, 0.15) is 5.82 Å². The van der Waals surface area contributed by atoms with E-state index in [-0.39, 0.29) is 23.2 Å². The number of para-hydroxylation sites is 1. The fourth-order valence-corrected chi connectivity index (χ4v) is 3.74. The first kappa shape index (κ1) is 20.7. The molecule has 0 fully saturated rings. The molecule has 0 unspecified atom stereocenters. The number of nitrogens with zero attached hydrogens (tertiary/aromatic N) is 5. The summed E-state index contributed by atoms with van der Waals surface area (Å²) in [5, 5.41) is 15.4. The van der Waals surface area contributed by atoms with Gasteiger partial charge in [0, 0.05) is 12.1 Å². The highest BCUT2D eigenvalue weighted by Gasteiger charge is 2.20. The second-order valence-corrected chi connectivity index (χ2v) is 7.60. The number of benzene rings is 2. The van der Waals surface area contributed by atoms with E-state index in [4.69, 9.17) is 4.52 Å². The Labute approximate surface area is 181 Å². The number of hydrogen-bond acceptors (Lipinski definition) is 7. The Hall–Kier alpha value is -3.53. The van der Waals surface area contributed by atoms with Crippen LogP contribution in [0.5, 0.6) is 0 Å². The molecule has 10 heteroatoms. The topological polar surface area (TPSA) is 98.7 Å². The predicted molar refractivity (Wildman–Crippen MR) is 115 cm³/mol. The summed E-state index contributed by atoms with van der Waals surface area (Å²) in [6, 6.07) is 13.8. The average Bonchev–Trinajstić information content (AvgIpc) is 3.40. The quantitative estimate of drug-likeness (QED) is 0.432. The molecule has 2 aromatic carbocycles. The number of carbonyl (C=O) groups is 1. The lowest BCUT2D eigenvalue weighted by molar-refractivity contribution is -0.113. The normalized spacial score (nSPS) is 10.9. The zero-order chi connectivity index (χ0) is 21.8. The van der Waals surface area contributed by atoms with Gasteiger partial charge < -0.3 is 9.84 Å². The van der Waals surface area contributed by atoms with Crippen molar-refractivity contribution in [2.45, 2.75) is 25.5 Å². The van der Waals surface area contributed by atoms with Gasteiger partial charge in [-0.1, -0.05) is 52.8 Å². The van der Waals surface area contributed by atoms with Gasteiger partial charge in [0.25, 0.3) is 5.89 Å². The standard InChI is InChI=1S/C21H19FN6O2S/c1-3-28-19(20-24-18(27-30-20)14-8-6-7-13(2)11-14)25-26-21(28)31-12-17(29)23-16-10-5-4-9-15(16)22/h4-11H,3,12H2,1-2H3,(H,23,29). The molecule has 4 aromatic rings. The molecule has 4 rings (SSSR count). The van der Waals surface area contributed by atoms with Gasteiger partial charge in [-0.2, -0.15) is 4.98 Å². The number of thioether (sulfide) groups is 1.